The maximum Gasteiger partial charge on any atom is 0.0112 e. The average molecular weight is 153 g/mol. The zero-order valence-electron chi connectivity index (χ0n) is 7.85. The molecule has 1 nitrogen and oxygen atoms in total. The van der Waals surface area contributed by atoms with Crippen molar-refractivity contribution in [2.45, 2.75) is 39.7 Å². The largest absolute Gasteiger partial charge is 0.315 e. The molecule has 0 aromatic carbocycles. The SMILES string of the molecule is C#CCC(C)CCNC(C)C. The number of hydrogen-bond acceptors (Lipinski definition) is 1. The monoisotopic (exact) mass is 153 g/mol. The van der Waals surface area contributed by atoms with Crippen LogP contribution in [0.1, 0.15) is 33.6 Å². The molecule has 0 spiro atoms. The summed E-state index contributed by atoms with van der Waals surface area (Å²) in [5.74, 6) is 3.34. The molecule has 1 heteroatoms. The topological polar surface area (TPSA) is 12.0 Å². The van der Waals surface area contributed by atoms with Crippen LogP contribution in [0.5, 0.6) is 0 Å². The second kappa shape index (κ2) is 6.24. The first-order chi connectivity index (χ1) is 5.16. The number of rotatable bonds is 5. The van der Waals surface area contributed by atoms with Gasteiger partial charge in [0.2, 0.25) is 0 Å². The summed E-state index contributed by atoms with van der Waals surface area (Å²) >= 11 is 0. The molecule has 11 heavy (non-hydrogen) atoms. The van der Waals surface area contributed by atoms with Crippen LogP contribution in [0.25, 0.3) is 0 Å². The molecule has 0 bridgehead atoms. The molecule has 0 aliphatic heterocycles. The van der Waals surface area contributed by atoms with E-state index in [4.69, 9.17) is 6.42 Å². The van der Waals surface area contributed by atoms with E-state index in [0.717, 1.165) is 13.0 Å². The van der Waals surface area contributed by atoms with Crippen molar-refractivity contribution < 1.29 is 0 Å². The third kappa shape index (κ3) is 7.42. The van der Waals surface area contributed by atoms with Crippen LogP contribution in [0.2, 0.25) is 0 Å². The van der Waals surface area contributed by atoms with Crippen LogP contribution in [-0.4, -0.2) is 12.6 Å². The third-order valence-corrected chi connectivity index (χ3v) is 1.66. The van der Waals surface area contributed by atoms with Gasteiger partial charge in [0.15, 0.2) is 0 Å². The van der Waals surface area contributed by atoms with Crippen LogP contribution in [0.3, 0.4) is 0 Å². The quantitative estimate of drug-likeness (QED) is 0.596. The molecule has 0 heterocycles. The Hall–Kier alpha value is -0.480. The van der Waals surface area contributed by atoms with Crippen molar-refractivity contribution in [3.8, 4) is 12.3 Å². The van der Waals surface area contributed by atoms with E-state index in [1.165, 1.54) is 6.42 Å². The average Bonchev–Trinajstić information content (AvgIpc) is 1.87. The molecule has 0 radical (unpaired) electrons. The Bertz CT molecular complexity index is 121. The number of nitrogens with one attached hydrogen (secondary N) is 1. The first-order valence-electron chi connectivity index (χ1n) is 4.33. The van der Waals surface area contributed by atoms with Gasteiger partial charge in [-0.25, -0.2) is 0 Å². The van der Waals surface area contributed by atoms with Gasteiger partial charge in [-0.2, -0.15) is 0 Å². The van der Waals surface area contributed by atoms with Crippen LogP contribution in [0.15, 0.2) is 0 Å². The lowest BCUT2D eigenvalue weighted by Crippen LogP contribution is -2.24. The number of hydrogen-bond donors (Lipinski definition) is 1. The maximum atomic E-state index is 5.19. The van der Waals surface area contributed by atoms with Crippen molar-refractivity contribution in [3.63, 3.8) is 0 Å². The lowest BCUT2D eigenvalue weighted by Gasteiger charge is -2.10. The van der Waals surface area contributed by atoms with Crippen LogP contribution < -0.4 is 5.32 Å². The highest BCUT2D eigenvalue weighted by Crippen LogP contribution is 2.04. The molecule has 0 rings (SSSR count). The molecular formula is C10H19N. The molecule has 0 aliphatic rings. The van der Waals surface area contributed by atoms with Crippen LogP contribution in [-0.2, 0) is 0 Å². The highest BCUT2D eigenvalue weighted by Gasteiger charge is 1.99. The third-order valence-electron chi connectivity index (χ3n) is 1.66. The fourth-order valence-corrected chi connectivity index (χ4v) is 0.922. The number of terminal acetylenes is 1. The summed E-state index contributed by atoms with van der Waals surface area (Å²) in [6.07, 6.45) is 7.28. The Balaban J connectivity index is 3.18. The molecule has 0 saturated heterocycles. The van der Waals surface area contributed by atoms with Crippen molar-refractivity contribution in [2.24, 2.45) is 5.92 Å². The minimum atomic E-state index is 0.591. The van der Waals surface area contributed by atoms with E-state index in [1.54, 1.807) is 0 Å². The van der Waals surface area contributed by atoms with E-state index in [2.05, 4.69) is 32.0 Å². The Labute approximate surface area is 70.6 Å². The molecule has 0 saturated carbocycles. The highest BCUT2D eigenvalue weighted by molar-refractivity contribution is 4.85. The predicted molar refractivity (Wildman–Crippen MR) is 50.4 cm³/mol. The minimum absolute atomic E-state index is 0.591. The first kappa shape index (κ1) is 10.5. The van der Waals surface area contributed by atoms with E-state index < -0.39 is 0 Å². The van der Waals surface area contributed by atoms with Crippen molar-refractivity contribution in [2.75, 3.05) is 6.54 Å². The van der Waals surface area contributed by atoms with E-state index in [9.17, 15) is 0 Å². The summed E-state index contributed by atoms with van der Waals surface area (Å²) in [6.45, 7) is 7.60. The summed E-state index contributed by atoms with van der Waals surface area (Å²) in [6, 6.07) is 0.591. The Morgan fingerprint density at radius 3 is 2.45 bits per heavy atom. The smallest absolute Gasteiger partial charge is 0.0112 e. The van der Waals surface area contributed by atoms with E-state index in [0.29, 0.717) is 12.0 Å². The zero-order valence-corrected chi connectivity index (χ0v) is 7.85. The van der Waals surface area contributed by atoms with Gasteiger partial charge in [0, 0.05) is 12.5 Å². The Kier molecular flexibility index (Phi) is 5.97. The second-order valence-electron chi connectivity index (χ2n) is 3.41. The minimum Gasteiger partial charge on any atom is -0.315 e. The Morgan fingerprint density at radius 1 is 1.36 bits per heavy atom. The van der Waals surface area contributed by atoms with Gasteiger partial charge < -0.3 is 5.32 Å². The molecule has 0 aromatic rings. The summed E-state index contributed by atoms with van der Waals surface area (Å²) in [7, 11) is 0. The van der Waals surface area contributed by atoms with Gasteiger partial charge >= 0.3 is 0 Å². The Morgan fingerprint density at radius 2 is 2.00 bits per heavy atom. The molecule has 0 aliphatic carbocycles. The fourth-order valence-electron chi connectivity index (χ4n) is 0.922. The van der Waals surface area contributed by atoms with Crippen molar-refractivity contribution >= 4 is 0 Å². The first-order valence-corrected chi connectivity index (χ1v) is 4.33. The second-order valence-corrected chi connectivity index (χ2v) is 3.41. The van der Waals surface area contributed by atoms with E-state index in [-0.39, 0.29) is 0 Å². The van der Waals surface area contributed by atoms with Crippen LogP contribution >= 0.6 is 0 Å². The molecule has 0 aromatic heterocycles. The van der Waals surface area contributed by atoms with Crippen LogP contribution in [0.4, 0.5) is 0 Å². The summed E-state index contributed by atoms with van der Waals surface area (Å²) in [5, 5.41) is 3.37. The normalized spacial score (nSPS) is 13.0. The maximum absolute atomic E-state index is 5.19. The van der Waals surface area contributed by atoms with E-state index in [1.807, 2.05) is 0 Å². The fraction of sp³-hybridized carbons (Fsp3) is 0.800. The lowest BCUT2D eigenvalue weighted by atomic mass is 10.0. The van der Waals surface area contributed by atoms with Gasteiger partial charge in [0.05, 0.1) is 0 Å². The zero-order chi connectivity index (χ0) is 8.69. The van der Waals surface area contributed by atoms with Gasteiger partial charge in [-0.15, -0.1) is 12.3 Å². The molecule has 64 valence electrons. The standard InChI is InChI=1S/C10H19N/c1-5-6-10(4)7-8-11-9(2)3/h1,9-11H,6-8H2,2-4H3. The van der Waals surface area contributed by atoms with Crippen molar-refractivity contribution in [1.82, 2.24) is 5.32 Å². The van der Waals surface area contributed by atoms with Gasteiger partial charge in [0.25, 0.3) is 0 Å². The molecule has 1 atom stereocenters. The highest BCUT2D eigenvalue weighted by atomic mass is 14.9. The van der Waals surface area contributed by atoms with Gasteiger partial charge in [-0.05, 0) is 18.9 Å². The lowest BCUT2D eigenvalue weighted by molar-refractivity contribution is 0.485. The summed E-state index contributed by atoms with van der Waals surface area (Å²) in [5.41, 5.74) is 0. The summed E-state index contributed by atoms with van der Waals surface area (Å²) in [4.78, 5) is 0. The molecule has 0 amide bonds. The molecular weight excluding hydrogens is 134 g/mol. The molecule has 1 N–H and O–H groups in total. The van der Waals surface area contributed by atoms with Gasteiger partial charge in [0.1, 0.15) is 0 Å². The summed E-state index contributed by atoms with van der Waals surface area (Å²) < 4.78 is 0. The molecule has 0 fully saturated rings. The van der Waals surface area contributed by atoms with Gasteiger partial charge in [-0.1, -0.05) is 20.8 Å². The van der Waals surface area contributed by atoms with Crippen molar-refractivity contribution in [3.05, 3.63) is 0 Å². The van der Waals surface area contributed by atoms with Crippen LogP contribution in [0, 0.1) is 18.3 Å². The van der Waals surface area contributed by atoms with Gasteiger partial charge in [-0.3, -0.25) is 0 Å². The van der Waals surface area contributed by atoms with Crippen molar-refractivity contribution in [1.29, 1.82) is 0 Å². The molecule has 1 unspecified atom stereocenters. The predicted octanol–water partition coefficient (Wildman–Crippen LogP) is 2.03. The van der Waals surface area contributed by atoms with E-state index >= 15 is 0 Å².